The molecular weight excluding hydrogens is 299 g/mol. The fraction of sp³-hybridized carbons (Fsp3) is 0.143. The number of hydrogen-bond acceptors (Lipinski definition) is 4. The molecule has 3 N–H and O–H groups in total. The van der Waals surface area contributed by atoms with Crippen LogP contribution in [0.4, 0.5) is 18.9 Å². The lowest BCUT2D eigenvalue weighted by molar-refractivity contribution is -0.137. The first-order chi connectivity index (χ1) is 10.3. The molecule has 0 saturated carbocycles. The van der Waals surface area contributed by atoms with E-state index in [1.807, 2.05) is 0 Å². The van der Waals surface area contributed by atoms with Crippen LogP contribution in [0, 0.1) is 11.3 Å². The van der Waals surface area contributed by atoms with E-state index >= 15 is 0 Å². The minimum Gasteiger partial charge on any atom is -0.454 e. The molecule has 0 saturated heterocycles. The summed E-state index contributed by atoms with van der Waals surface area (Å²) in [5.74, 6) is -0.388. The van der Waals surface area contributed by atoms with Gasteiger partial charge >= 0.3 is 6.18 Å². The van der Waals surface area contributed by atoms with E-state index in [2.05, 4.69) is 5.32 Å². The number of rotatable bonds is 4. The molecule has 0 aliphatic heterocycles. The van der Waals surface area contributed by atoms with Gasteiger partial charge in [-0.2, -0.15) is 18.4 Å². The second-order valence-electron chi connectivity index (χ2n) is 4.35. The van der Waals surface area contributed by atoms with Crippen LogP contribution in [0.25, 0.3) is 0 Å². The van der Waals surface area contributed by atoms with Gasteiger partial charge in [-0.05, 0) is 30.3 Å². The summed E-state index contributed by atoms with van der Waals surface area (Å²) in [6.45, 7) is 0.0906. The molecule has 0 atom stereocenters. The van der Waals surface area contributed by atoms with E-state index in [9.17, 15) is 18.0 Å². The fourth-order valence-corrected chi connectivity index (χ4v) is 1.75. The standard InChI is InChI=1S/C14H10F3N3O2/c15-14(16,17)9-1-3-11(8(5-9)6-18)20-7-10-2-4-12(22-10)13(19)21/h1-5,20H,7H2,(H2,19,21). The number of nitrogens with zero attached hydrogens (tertiary/aromatic N) is 1. The Hall–Kier alpha value is -2.95. The minimum atomic E-state index is -4.51. The Labute approximate surface area is 123 Å². The van der Waals surface area contributed by atoms with Gasteiger partial charge in [0.05, 0.1) is 23.4 Å². The van der Waals surface area contributed by atoms with Gasteiger partial charge in [0.25, 0.3) is 5.91 Å². The van der Waals surface area contributed by atoms with Crippen molar-refractivity contribution in [2.75, 3.05) is 5.32 Å². The molecule has 2 aromatic rings. The van der Waals surface area contributed by atoms with Crippen LogP contribution < -0.4 is 11.1 Å². The van der Waals surface area contributed by atoms with Crippen molar-refractivity contribution >= 4 is 11.6 Å². The third-order valence-corrected chi connectivity index (χ3v) is 2.82. The summed E-state index contributed by atoms with van der Waals surface area (Å²) in [4.78, 5) is 10.9. The number of furan rings is 1. The van der Waals surface area contributed by atoms with Crippen LogP contribution in [0.2, 0.25) is 0 Å². The number of amides is 1. The molecule has 5 nitrogen and oxygen atoms in total. The molecule has 1 aromatic heterocycles. The number of hydrogen-bond donors (Lipinski definition) is 2. The van der Waals surface area contributed by atoms with E-state index in [0.29, 0.717) is 5.76 Å². The summed E-state index contributed by atoms with van der Waals surface area (Å²) in [7, 11) is 0. The first kappa shape index (κ1) is 15.4. The van der Waals surface area contributed by atoms with Gasteiger partial charge in [-0.1, -0.05) is 0 Å². The van der Waals surface area contributed by atoms with Gasteiger partial charge in [0.2, 0.25) is 0 Å². The van der Waals surface area contributed by atoms with Crippen LogP contribution in [0.3, 0.4) is 0 Å². The van der Waals surface area contributed by atoms with Crippen molar-refractivity contribution in [3.8, 4) is 6.07 Å². The third kappa shape index (κ3) is 3.38. The molecule has 0 unspecified atom stereocenters. The van der Waals surface area contributed by atoms with E-state index in [1.165, 1.54) is 18.2 Å². The summed E-state index contributed by atoms with van der Waals surface area (Å²) in [6.07, 6.45) is -4.51. The number of nitrogens with two attached hydrogens (primary N) is 1. The van der Waals surface area contributed by atoms with Crippen LogP contribution in [-0.4, -0.2) is 5.91 Å². The predicted molar refractivity (Wildman–Crippen MR) is 70.7 cm³/mol. The molecule has 0 fully saturated rings. The Morgan fingerprint density at radius 2 is 2.05 bits per heavy atom. The maximum atomic E-state index is 12.6. The number of nitriles is 1. The molecule has 22 heavy (non-hydrogen) atoms. The smallest absolute Gasteiger partial charge is 0.416 e. The molecule has 0 spiro atoms. The molecule has 1 heterocycles. The maximum absolute atomic E-state index is 12.6. The van der Waals surface area contributed by atoms with Crippen molar-refractivity contribution in [3.05, 3.63) is 53.0 Å². The highest BCUT2D eigenvalue weighted by molar-refractivity contribution is 5.89. The molecule has 0 aliphatic carbocycles. The maximum Gasteiger partial charge on any atom is 0.416 e. The summed E-state index contributed by atoms with van der Waals surface area (Å²) in [5.41, 5.74) is 4.22. The lowest BCUT2D eigenvalue weighted by atomic mass is 10.1. The summed E-state index contributed by atoms with van der Waals surface area (Å²) in [6, 6.07) is 7.39. The summed E-state index contributed by atoms with van der Waals surface area (Å²) in [5, 5.41) is 11.7. The second kappa shape index (κ2) is 5.81. The molecule has 0 bridgehead atoms. The summed E-state index contributed by atoms with van der Waals surface area (Å²) < 4.78 is 42.8. The number of carbonyl (C=O) groups is 1. The average molecular weight is 309 g/mol. The largest absolute Gasteiger partial charge is 0.454 e. The SMILES string of the molecule is N#Cc1cc(C(F)(F)F)ccc1NCc1ccc(C(N)=O)o1. The van der Waals surface area contributed by atoms with E-state index in [0.717, 1.165) is 12.1 Å². The van der Waals surface area contributed by atoms with Gasteiger partial charge in [0, 0.05) is 0 Å². The van der Waals surface area contributed by atoms with Crippen molar-refractivity contribution in [1.82, 2.24) is 0 Å². The van der Waals surface area contributed by atoms with Crippen LogP contribution >= 0.6 is 0 Å². The Morgan fingerprint density at radius 1 is 1.32 bits per heavy atom. The van der Waals surface area contributed by atoms with Crippen molar-refractivity contribution in [1.29, 1.82) is 5.26 Å². The highest BCUT2D eigenvalue weighted by atomic mass is 19.4. The van der Waals surface area contributed by atoms with E-state index in [1.54, 1.807) is 6.07 Å². The normalized spacial score (nSPS) is 11.0. The van der Waals surface area contributed by atoms with Crippen LogP contribution in [0.1, 0.15) is 27.4 Å². The fourth-order valence-electron chi connectivity index (χ4n) is 1.75. The molecule has 8 heteroatoms. The third-order valence-electron chi connectivity index (χ3n) is 2.82. The summed E-state index contributed by atoms with van der Waals surface area (Å²) >= 11 is 0. The highest BCUT2D eigenvalue weighted by Crippen LogP contribution is 2.31. The highest BCUT2D eigenvalue weighted by Gasteiger charge is 2.31. The quantitative estimate of drug-likeness (QED) is 0.908. The molecule has 1 aromatic carbocycles. The van der Waals surface area contributed by atoms with Crippen LogP contribution in [0.5, 0.6) is 0 Å². The van der Waals surface area contributed by atoms with Crippen molar-refractivity contribution in [2.45, 2.75) is 12.7 Å². The molecule has 114 valence electrons. The zero-order chi connectivity index (χ0) is 16.3. The van der Waals surface area contributed by atoms with Gasteiger partial charge in [-0.15, -0.1) is 0 Å². The van der Waals surface area contributed by atoms with Gasteiger partial charge in [-0.25, -0.2) is 0 Å². The predicted octanol–water partition coefficient (Wildman–Crippen LogP) is 2.88. The number of alkyl halides is 3. The number of benzene rings is 1. The molecule has 0 radical (unpaired) electrons. The number of anilines is 1. The van der Waals surface area contributed by atoms with E-state index < -0.39 is 17.6 Å². The molecule has 1 amide bonds. The number of halogens is 3. The number of carbonyl (C=O) groups excluding carboxylic acids is 1. The average Bonchev–Trinajstić information content (AvgIpc) is 2.93. The van der Waals surface area contributed by atoms with Crippen LogP contribution in [0.15, 0.2) is 34.7 Å². The van der Waals surface area contributed by atoms with Gasteiger partial charge in [0.15, 0.2) is 5.76 Å². The first-order valence-corrected chi connectivity index (χ1v) is 6.05. The number of primary amides is 1. The Morgan fingerprint density at radius 3 is 2.59 bits per heavy atom. The Bertz CT molecular complexity index is 745. The van der Waals surface area contributed by atoms with Crippen molar-refractivity contribution in [2.24, 2.45) is 5.73 Å². The van der Waals surface area contributed by atoms with Crippen molar-refractivity contribution < 1.29 is 22.4 Å². The van der Waals surface area contributed by atoms with Crippen LogP contribution in [-0.2, 0) is 12.7 Å². The lowest BCUT2D eigenvalue weighted by Crippen LogP contribution is -2.09. The van der Waals surface area contributed by atoms with E-state index in [-0.39, 0.29) is 23.6 Å². The van der Waals surface area contributed by atoms with E-state index in [4.69, 9.17) is 15.4 Å². The minimum absolute atomic E-state index is 0.0234. The lowest BCUT2D eigenvalue weighted by Gasteiger charge is -2.10. The Balaban J connectivity index is 2.16. The molecule has 0 aliphatic rings. The number of nitrogens with one attached hydrogen (secondary N) is 1. The molecular formula is C14H10F3N3O2. The zero-order valence-corrected chi connectivity index (χ0v) is 11.1. The van der Waals surface area contributed by atoms with Crippen molar-refractivity contribution in [3.63, 3.8) is 0 Å². The van der Waals surface area contributed by atoms with Gasteiger partial charge in [-0.3, -0.25) is 4.79 Å². The molecule has 2 rings (SSSR count). The second-order valence-corrected chi connectivity index (χ2v) is 4.35. The zero-order valence-electron chi connectivity index (χ0n) is 11.1. The van der Waals surface area contributed by atoms with Gasteiger partial charge < -0.3 is 15.5 Å². The monoisotopic (exact) mass is 309 g/mol. The Kier molecular flexibility index (Phi) is 4.08. The first-order valence-electron chi connectivity index (χ1n) is 6.05. The van der Waals surface area contributed by atoms with Gasteiger partial charge in [0.1, 0.15) is 11.8 Å². The topological polar surface area (TPSA) is 92.0 Å².